The number of aliphatic imine (C=N–C) groups is 1. The number of halogens is 1. The van der Waals surface area contributed by atoms with Crippen LogP contribution in [0.3, 0.4) is 0 Å². The van der Waals surface area contributed by atoms with Gasteiger partial charge in [-0.05, 0) is 47.9 Å². The minimum Gasteiger partial charge on any atom is -0.403 e. The Morgan fingerprint density at radius 2 is 2.08 bits per heavy atom. The van der Waals surface area contributed by atoms with Crippen molar-refractivity contribution in [3.63, 3.8) is 0 Å². The second kappa shape index (κ2) is 9.78. The molecule has 11 heteroatoms. The molecular formula is C26H25FN8O2. The van der Waals surface area contributed by atoms with E-state index in [4.69, 9.17) is 11.5 Å². The van der Waals surface area contributed by atoms with Gasteiger partial charge in [-0.15, -0.1) is 0 Å². The summed E-state index contributed by atoms with van der Waals surface area (Å²) in [6.07, 6.45) is 6.42. The van der Waals surface area contributed by atoms with Gasteiger partial charge in [0.2, 0.25) is 11.9 Å². The van der Waals surface area contributed by atoms with Crippen molar-refractivity contribution >= 4 is 28.9 Å². The maximum absolute atomic E-state index is 15.1. The van der Waals surface area contributed by atoms with Crippen molar-refractivity contribution in [2.24, 2.45) is 10.7 Å². The van der Waals surface area contributed by atoms with Crippen molar-refractivity contribution in [3.05, 3.63) is 81.8 Å². The predicted molar refractivity (Wildman–Crippen MR) is 141 cm³/mol. The molecule has 188 valence electrons. The summed E-state index contributed by atoms with van der Waals surface area (Å²) >= 11 is 0. The van der Waals surface area contributed by atoms with E-state index in [1.54, 1.807) is 37.5 Å². The molecule has 2 aromatic heterocycles. The number of rotatable bonds is 7. The number of aliphatic hydroxyl groups is 1. The summed E-state index contributed by atoms with van der Waals surface area (Å²) in [5, 5.41) is 13.8. The summed E-state index contributed by atoms with van der Waals surface area (Å²) < 4.78 is 16.4. The van der Waals surface area contributed by atoms with Crippen molar-refractivity contribution in [1.29, 1.82) is 0 Å². The zero-order valence-electron chi connectivity index (χ0n) is 20.0. The number of allylic oxidation sites excluding steroid dienone is 1. The Labute approximate surface area is 211 Å². The highest BCUT2D eigenvalue weighted by molar-refractivity contribution is 5.84. The van der Waals surface area contributed by atoms with Crippen LogP contribution in [-0.4, -0.2) is 37.9 Å². The first-order valence-electron chi connectivity index (χ1n) is 11.6. The molecule has 0 unspecified atom stereocenters. The average molecular weight is 501 g/mol. The van der Waals surface area contributed by atoms with E-state index in [0.29, 0.717) is 33.8 Å². The molecule has 1 saturated carbocycles. The number of hydrogen-bond acceptors (Lipinski definition) is 9. The van der Waals surface area contributed by atoms with Crippen molar-refractivity contribution < 1.29 is 9.50 Å². The van der Waals surface area contributed by atoms with Gasteiger partial charge in [0, 0.05) is 36.8 Å². The van der Waals surface area contributed by atoms with Crippen molar-refractivity contribution in [1.82, 2.24) is 19.5 Å². The molecule has 0 amide bonds. The Morgan fingerprint density at radius 1 is 1.27 bits per heavy atom. The Balaban J connectivity index is 1.62. The summed E-state index contributed by atoms with van der Waals surface area (Å²) in [5.41, 5.74) is 13.5. The zero-order valence-corrected chi connectivity index (χ0v) is 20.0. The number of nitrogens with two attached hydrogens (primary N) is 2. The topological polar surface area (TPSA) is 157 Å². The third-order valence-electron chi connectivity index (χ3n) is 6.19. The van der Waals surface area contributed by atoms with Gasteiger partial charge in [0.1, 0.15) is 5.82 Å². The number of benzene rings is 2. The van der Waals surface area contributed by atoms with E-state index in [1.807, 2.05) is 6.07 Å². The minimum absolute atomic E-state index is 0.00391. The van der Waals surface area contributed by atoms with Crippen LogP contribution in [0.1, 0.15) is 29.9 Å². The second-order valence-electron chi connectivity index (χ2n) is 8.67. The van der Waals surface area contributed by atoms with E-state index in [1.165, 1.54) is 23.0 Å². The number of pyridine rings is 1. The number of fused-ring (bicyclic) bond motifs is 1. The first kappa shape index (κ1) is 24.1. The van der Waals surface area contributed by atoms with E-state index in [2.05, 4.69) is 25.3 Å². The molecule has 0 bridgehead atoms. The first-order chi connectivity index (χ1) is 17.9. The van der Waals surface area contributed by atoms with Gasteiger partial charge in [0.25, 0.3) is 5.56 Å². The number of anilines is 2. The van der Waals surface area contributed by atoms with Crippen LogP contribution in [-0.2, 0) is 6.61 Å². The normalized spacial score (nSPS) is 14.0. The Bertz CT molecular complexity index is 1630. The lowest BCUT2D eigenvalue weighted by atomic mass is 10.0. The van der Waals surface area contributed by atoms with Gasteiger partial charge in [-0.25, -0.2) is 4.39 Å². The molecule has 2 heterocycles. The maximum atomic E-state index is 15.1. The fraction of sp³-hybridized carbons (Fsp3) is 0.192. The van der Waals surface area contributed by atoms with Gasteiger partial charge in [-0.2, -0.15) is 15.0 Å². The lowest BCUT2D eigenvalue weighted by molar-refractivity contribution is 0.282. The molecule has 0 aliphatic heterocycles. The van der Waals surface area contributed by atoms with Gasteiger partial charge in [-0.1, -0.05) is 18.2 Å². The number of nitrogens with zero attached hydrogens (tertiary/aromatic N) is 5. The van der Waals surface area contributed by atoms with E-state index in [-0.39, 0.29) is 23.1 Å². The molecule has 0 radical (unpaired) electrons. The smallest absolute Gasteiger partial charge is 0.265 e. The third-order valence-corrected chi connectivity index (χ3v) is 6.19. The monoisotopic (exact) mass is 500 g/mol. The van der Waals surface area contributed by atoms with E-state index in [9.17, 15) is 9.90 Å². The highest BCUT2D eigenvalue weighted by atomic mass is 19.1. The lowest BCUT2D eigenvalue weighted by Crippen LogP contribution is -2.20. The highest BCUT2D eigenvalue weighted by Crippen LogP contribution is 2.41. The lowest BCUT2D eigenvalue weighted by Gasteiger charge is -2.16. The summed E-state index contributed by atoms with van der Waals surface area (Å²) in [4.78, 5) is 30.0. The van der Waals surface area contributed by atoms with Crippen molar-refractivity contribution in [2.45, 2.75) is 25.4 Å². The van der Waals surface area contributed by atoms with E-state index >= 15 is 4.39 Å². The molecule has 1 aliphatic rings. The molecule has 1 aliphatic carbocycles. The fourth-order valence-corrected chi connectivity index (χ4v) is 4.32. The summed E-state index contributed by atoms with van der Waals surface area (Å²) in [7, 11) is 1.59. The van der Waals surface area contributed by atoms with Crippen LogP contribution in [0.15, 0.2) is 64.3 Å². The van der Waals surface area contributed by atoms with Crippen LogP contribution in [0.25, 0.3) is 27.8 Å². The van der Waals surface area contributed by atoms with Crippen LogP contribution < -0.4 is 22.3 Å². The fourth-order valence-electron chi connectivity index (χ4n) is 4.32. The number of aromatic nitrogens is 4. The Hall–Kier alpha value is -4.64. The van der Waals surface area contributed by atoms with Gasteiger partial charge >= 0.3 is 0 Å². The minimum atomic E-state index is -0.555. The summed E-state index contributed by atoms with van der Waals surface area (Å²) in [5.74, 6) is 0.0188. The average Bonchev–Trinajstić information content (AvgIpc) is 3.73. The summed E-state index contributed by atoms with van der Waals surface area (Å²) in [6, 6.07) is 10.1. The van der Waals surface area contributed by atoms with Gasteiger partial charge in [0.15, 0.2) is 5.82 Å². The SMILES string of the molecule is CN=CC(=CN)Nc1nc(N)nc(-c2cccc(-n3ccc4cc(C5CC5)cc(F)c4c3=O)c2CO)n1. The number of nitrogens with one attached hydrogen (secondary N) is 1. The molecule has 10 nitrogen and oxygen atoms in total. The van der Waals surface area contributed by atoms with Gasteiger partial charge < -0.3 is 21.9 Å². The predicted octanol–water partition coefficient (Wildman–Crippen LogP) is 2.85. The van der Waals surface area contributed by atoms with Crippen LogP contribution in [0, 0.1) is 5.82 Å². The van der Waals surface area contributed by atoms with Gasteiger partial charge in [-0.3, -0.25) is 14.4 Å². The van der Waals surface area contributed by atoms with Gasteiger partial charge in [0.05, 0.1) is 23.4 Å². The van der Waals surface area contributed by atoms with Crippen LogP contribution in [0.4, 0.5) is 16.3 Å². The molecule has 5 rings (SSSR count). The molecule has 0 saturated heterocycles. The Kier molecular flexibility index (Phi) is 6.36. The van der Waals surface area contributed by atoms with E-state index < -0.39 is 18.0 Å². The summed E-state index contributed by atoms with van der Waals surface area (Å²) in [6.45, 7) is -0.441. The number of nitrogen functional groups attached to an aromatic ring is 1. The molecule has 4 aromatic rings. The molecular weight excluding hydrogens is 475 g/mol. The zero-order chi connectivity index (χ0) is 26.1. The van der Waals surface area contributed by atoms with E-state index in [0.717, 1.165) is 18.4 Å². The van der Waals surface area contributed by atoms with Crippen LogP contribution in [0.5, 0.6) is 0 Å². The molecule has 1 fully saturated rings. The van der Waals surface area contributed by atoms with Crippen LogP contribution >= 0.6 is 0 Å². The number of aliphatic hydroxyl groups excluding tert-OH is 1. The largest absolute Gasteiger partial charge is 0.403 e. The quantitative estimate of drug-likeness (QED) is 0.282. The van der Waals surface area contributed by atoms with Crippen molar-refractivity contribution in [3.8, 4) is 17.1 Å². The van der Waals surface area contributed by atoms with Crippen molar-refractivity contribution in [2.75, 3.05) is 18.1 Å². The second-order valence-corrected chi connectivity index (χ2v) is 8.67. The molecule has 0 spiro atoms. The number of hydrogen-bond donors (Lipinski definition) is 4. The first-order valence-corrected chi connectivity index (χ1v) is 11.6. The molecule has 37 heavy (non-hydrogen) atoms. The molecule has 0 atom stereocenters. The van der Waals surface area contributed by atoms with Crippen LogP contribution in [0.2, 0.25) is 0 Å². The maximum Gasteiger partial charge on any atom is 0.265 e. The Morgan fingerprint density at radius 3 is 2.78 bits per heavy atom. The standard InChI is InChI=1S/C26H25FN8O2/c1-30-12-17(11-28)31-26-33-23(32-25(29)34-26)18-3-2-4-21(19(18)13-36)35-8-7-15-9-16(14-5-6-14)10-20(27)22(15)24(35)37/h2-4,7-12,14,36H,5-6,13,28H2,1H3,(H3,29,31,32,33,34). The third kappa shape index (κ3) is 4.64. The molecule has 2 aromatic carbocycles. The highest BCUT2D eigenvalue weighted by Gasteiger charge is 2.25. The molecule has 6 N–H and O–H groups in total.